The third kappa shape index (κ3) is 4.59. The number of aromatic amines is 1. The van der Waals surface area contributed by atoms with Crippen LogP contribution in [0.1, 0.15) is 42.1 Å². The lowest BCUT2D eigenvalue weighted by atomic mass is 10.1. The molecule has 33 heavy (non-hydrogen) atoms. The number of aromatic nitrogens is 3. The van der Waals surface area contributed by atoms with Crippen molar-refractivity contribution in [2.24, 2.45) is 0 Å². The molecule has 1 aliphatic rings. The van der Waals surface area contributed by atoms with E-state index in [1.807, 2.05) is 36.1 Å². The summed E-state index contributed by atoms with van der Waals surface area (Å²) in [6.45, 7) is 3.61. The van der Waals surface area contributed by atoms with Crippen LogP contribution >= 0.6 is 0 Å². The van der Waals surface area contributed by atoms with E-state index < -0.39 is 0 Å². The van der Waals surface area contributed by atoms with Gasteiger partial charge in [-0.15, -0.1) is 0 Å². The highest BCUT2D eigenvalue weighted by molar-refractivity contribution is 5.94. The first kappa shape index (κ1) is 22.5. The van der Waals surface area contributed by atoms with E-state index in [2.05, 4.69) is 28.1 Å². The predicted octanol–water partition coefficient (Wildman–Crippen LogP) is 3.20. The minimum absolute atomic E-state index is 0.0488. The molecule has 0 saturated carbocycles. The minimum Gasteiger partial charge on any atom is -0.323 e. The molecule has 1 fully saturated rings. The Morgan fingerprint density at radius 1 is 1.24 bits per heavy atom. The average molecular weight is 445 g/mol. The highest BCUT2D eigenvalue weighted by Gasteiger charge is 2.28. The number of hydrogen-bond acceptors (Lipinski definition) is 5. The van der Waals surface area contributed by atoms with Gasteiger partial charge in [0.05, 0.1) is 29.8 Å². The number of amides is 1. The molecule has 3 heterocycles. The number of nitrogens with one attached hydrogen (secondary N) is 1. The van der Waals surface area contributed by atoms with Gasteiger partial charge in [0.1, 0.15) is 0 Å². The normalized spacial score (nSPS) is 16.3. The van der Waals surface area contributed by atoms with Crippen LogP contribution in [-0.2, 0) is 6.42 Å². The van der Waals surface area contributed by atoms with E-state index in [0.717, 1.165) is 36.9 Å². The van der Waals surface area contributed by atoms with Gasteiger partial charge in [-0.05, 0) is 63.0 Å². The summed E-state index contributed by atoms with van der Waals surface area (Å²) in [5, 5.41) is 11.8. The Balaban J connectivity index is 1.54. The first-order valence-electron chi connectivity index (χ1n) is 11.3. The maximum absolute atomic E-state index is 13.2. The highest BCUT2D eigenvalue weighted by Crippen LogP contribution is 2.21. The summed E-state index contributed by atoms with van der Waals surface area (Å²) < 4.78 is 1.36. The highest BCUT2D eigenvalue weighted by atomic mass is 16.2. The lowest BCUT2D eigenvalue weighted by Gasteiger charge is -2.40. The summed E-state index contributed by atoms with van der Waals surface area (Å²) >= 11 is 0. The summed E-state index contributed by atoms with van der Waals surface area (Å²) in [6.07, 6.45) is 6.86. The van der Waals surface area contributed by atoms with Crippen LogP contribution in [0.15, 0.2) is 53.6 Å². The molecule has 3 aromatic rings. The number of rotatable bonds is 6. The summed E-state index contributed by atoms with van der Waals surface area (Å²) in [7, 11) is 2.06. The second-order valence-electron chi connectivity index (χ2n) is 8.31. The van der Waals surface area contributed by atoms with Gasteiger partial charge in [0.25, 0.3) is 11.5 Å². The molecule has 0 spiro atoms. The minimum atomic E-state index is -0.228. The second kappa shape index (κ2) is 9.84. The molecular formula is C25H28N6O2. The molecule has 0 radical (unpaired) electrons. The van der Waals surface area contributed by atoms with Crippen molar-refractivity contribution < 1.29 is 4.79 Å². The third-order valence-corrected chi connectivity index (χ3v) is 6.24. The van der Waals surface area contributed by atoms with Crippen LogP contribution in [0, 0.1) is 11.3 Å². The van der Waals surface area contributed by atoms with Gasteiger partial charge in [0.2, 0.25) is 0 Å². The molecule has 1 amide bonds. The Morgan fingerprint density at radius 2 is 2.03 bits per heavy atom. The van der Waals surface area contributed by atoms with Crippen molar-refractivity contribution >= 4 is 5.91 Å². The molecule has 8 nitrogen and oxygen atoms in total. The van der Waals surface area contributed by atoms with Crippen LogP contribution in [0.2, 0.25) is 0 Å². The second-order valence-corrected chi connectivity index (χ2v) is 8.31. The number of hydrogen-bond donors (Lipinski definition) is 1. The molecule has 1 aromatic carbocycles. The molecule has 1 unspecified atom stereocenters. The van der Waals surface area contributed by atoms with Gasteiger partial charge in [-0.1, -0.05) is 24.3 Å². The van der Waals surface area contributed by atoms with Gasteiger partial charge in [0.15, 0.2) is 5.82 Å². The maximum atomic E-state index is 13.2. The number of pyridine rings is 1. The molecule has 0 bridgehead atoms. The van der Waals surface area contributed by atoms with Crippen molar-refractivity contribution in [3.63, 3.8) is 0 Å². The zero-order valence-corrected chi connectivity index (χ0v) is 19.0. The van der Waals surface area contributed by atoms with Crippen LogP contribution in [0.25, 0.3) is 16.9 Å². The monoisotopic (exact) mass is 444 g/mol. The Hall–Kier alpha value is -3.70. The predicted molar refractivity (Wildman–Crippen MR) is 126 cm³/mol. The fourth-order valence-electron chi connectivity index (χ4n) is 4.39. The Morgan fingerprint density at radius 3 is 2.67 bits per heavy atom. The Bertz CT molecular complexity index is 1200. The molecule has 1 atom stereocenters. The quantitative estimate of drug-likeness (QED) is 0.630. The van der Waals surface area contributed by atoms with Gasteiger partial charge >= 0.3 is 0 Å². The van der Waals surface area contributed by atoms with Gasteiger partial charge in [0, 0.05) is 18.9 Å². The Kier molecular flexibility index (Phi) is 6.71. The third-order valence-electron chi connectivity index (χ3n) is 6.24. The smallest absolute Gasteiger partial charge is 0.280 e. The SMILES string of the molecule is CCN(C(=O)c1ccc(-n2[nH]cc(-c3ccc(CC#N)cc3)c2=O)nc1)C1CCCCN1C. The topological polar surface area (TPSA) is 98.0 Å². The van der Waals surface area contributed by atoms with Crippen molar-refractivity contribution in [1.29, 1.82) is 5.26 Å². The molecule has 1 N–H and O–H groups in total. The molecular weight excluding hydrogens is 416 g/mol. The standard InChI is InChI=1S/C25H28N6O2/c1-3-30(23-6-4-5-15-29(23)2)24(32)20-11-12-22(27-16-20)31-25(33)21(17-28-31)19-9-7-18(8-10-19)13-14-26/h7-12,16-17,23,28H,3-6,13,15H2,1-2H3. The van der Waals surface area contributed by atoms with Gasteiger partial charge < -0.3 is 4.90 Å². The zero-order valence-electron chi connectivity index (χ0n) is 19.0. The average Bonchev–Trinajstić information content (AvgIpc) is 3.22. The number of likely N-dealkylation sites (tertiary alicyclic amines) is 1. The van der Waals surface area contributed by atoms with E-state index in [1.54, 1.807) is 18.3 Å². The van der Waals surface area contributed by atoms with Crippen LogP contribution < -0.4 is 5.56 Å². The van der Waals surface area contributed by atoms with Crippen LogP contribution in [-0.4, -0.2) is 56.8 Å². The van der Waals surface area contributed by atoms with Crippen molar-refractivity contribution in [2.45, 2.75) is 38.8 Å². The molecule has 170 valence electrons. The number of nitriles is 1. The van der Waals surface area contributed by atoms with Gasteiger partial charge in [-0.3, -0.25) is 19.6 Å². The van der Waals surface area contributed by atoms with Gasteiger partial charge in [-0.25, -0.2) is 9.67 Å². The summed E-state index contributed by atoms with van der Waals surface area (Å²) in [5.41, 5.74) is 2.46. The first-order chi connectivity index (χ1) is 16.0. The largest absolute Gasteiger partial charge is 0.323 e. The summed E-state index contributed by atoms with van der Waals surface area (Å²) in [5.74, 6) is 0.369. The first-order valence-corrected chi connectivity index (χ1v) is 11.3. The van der Waals surface area contributed by atoms with Gasteiger partial charge in [-0.2, -0.15) is 5.26 Å². The summed E-state index contributed by atoms with van der Waals surface area (Å²) in [6, 6.07) is 12.9. The molecule has 8 heteroatoms. The van der Waals surface area contributed by atoms with Crippen molar-refractivity contribution in [3.05, 3.63) is 70.3 Å². The number of carbonyl (C=O) groups is 1. The van der Waals surface area contributed by atoms with E-state index >= 15 is 0 Å². The number of piperidine rings is 1. The van der Waals surface area contributed by atoms with E-state index in [0.29, 0.717) is 29.9 Å². The zero-order chi connectivity index (χ0) is 23.4. The van der Waals surface area contributed by atoms with Crippen LogP contribution in [0.4, 0.5) is 0 Å². The lowest BCUT2D eigenvalue weighted by molar-refractivity contribution is 0.0272. The molecule has 1 saturated heterocycles. The fourth-order valence-corrected chi connectivity index (χ4v) is 4.39. The molecule has 2 aromatic heterocycles. The van der Waals surface area contributed by atoms with E-state index in [-0.39, 0.29) is 17.6 Å². The lowest BCUT2D eigenvalue weighted by Crippen LogP contribution is -2.51. The molecule has 1 aliphatic heterocycles. The van der Waals surface area contributed by atoms with Crippen molar-refractivity contribution in [3.8, 4) is 23.0 Å². The molecule has 4 rings (SSSR count). The van der Waals surface area contributed by atoms with Crippen molar-refractivity contribution in [2.75, 3.05) is 20.1 Å². The van der Waals surface area contributed by atoms with E-state index in [1.165, 1.54) is 10.9 Å². The number of H-pyrrole nitrogens is 1. The van der Waals surface area contributed by atoms with E-state index in [9.17, 15) is 9.59 Å². The maximum Gasteiger partial charge on any atom is 0.280 e. The Labute approximate surface area is 193 Å². The van der Waals surface area contributed by atoms with E-state index in [4.69, 9.17) is 5.26 Å². The van der Waals surface area contributed by atoms with Crippen LogP contribution in [0.5, 0.6) is 0 Å². The number of carbonyl (C=O) groups excluding carboxylic acids is 1. The van der Waals surface area contributed by atoms with Crippen LogP contribution in [0.3, 0.4) is 0 Å². The van der Waals surface area contributed by atoms with Crippen molar-refractivity contribution in [1.82, 2.24) is 24.6 Å². The molecule has 0 aliphatic carbocycles. The number of benzene rings is 1. The fraction of sp³-hybridized carbons (Fsp3) is 0.360. The number of nitrogens with zero attached hydrogens (tertiary/aromatic N) is 5. The summed E-state index contributed by atoms with van der Waals surface area (Å²) in [4.78, 5) is 34.6.